The molecule has 0 spiro atoms. The molecule has 130 valence electrons. The molecule has 1 aliphatic carbocycles. The van der Waals surface area contributed by atoms with Crippen LogP contribution in [0.15, 0.2) is 48.5 Å². The minimum atomic E-state index is -0.411. The Morgan fingerprint density at radius 3 is 2.60 bits per heavy atom. The van der Waals surface area contributed by atoms with Crippen LogP contribution in [0.3, 0.4) is 0 Å². The highest BCUT2D eigenvalue weighted by atomic mass is 16.2. The molecule has 3 N–H and O–H groups in total. The molecule has 0 aliphatic heterocycles. The third kappa shape index (κ3) is 4.38. The summed E-state index contributed by atoms with van der Waals surface area (Å²) >= 11 is 0. The Morgan fingerprint density at radius 2 is 1.84 bits per heavy atom. The van der Waals surface area contributed by atoms with E-state index >= 15 is 0 Å². The number of rotatable bonds is 6. The topological polar surface area (TPSA) is 75.4 Å². The maximum absolute atomic E-state index is 12.8. The van der Waals surface area contributed by atoms with Gasteiger partial charge in [-0.2, -0.15) is 0 Å². The van der Waals surface area contributed by atoms with Gasteiger partial charge in [0.15, 0.2) is 0 Å². The van der Waals surface area contributed by atoms with Crippen molar-refractivity contribution in [2.75, 3.05) is 11.9 Å². The Balaban J connectivity index is 1.74. The Hall–Kier alpha value is -2.82. The molecule has 5 nitrogen and oxygen atoms in total. The maximum Gasteiger partial charge on any atom is 0.322 e. The third-order valence-corrected chi connectivity index (χ3v) is 4.52. The lowest BCUT2D eigenvalue weighted by atomic mass is 10.1. The quantitative estimate of drug-likeness (QED) is 0.850. The lowest BCUT2D eigenvalue weighted by molar-refractivity contribution is -0.118. The predicted molar refractivity (Wildman–Crippen MR) is 98.1 cm³/mol. The molecule has 2 aromatic carbocycles. The third-order valence-electron chi connectivity index (χ3n) is 4.52. The standard InChI is InChI=1S/C20H23N3O2/c21-19(24)12-13-23(14-15-6-2-1-3-7-15)20(25)22-18-11-5-9-16-8-4-10-17(16)18/h1-3,5-7,9,11H,4,8,10,12-14H2,(H2,21,24)(H,22,25). The summed E-state index contributed by atoms with van der Waals surface area (Å²) in [6.07, 6.45) is 3.32. The van der Waals surface area contributed by atoms with E-state index in [0.29, 0.717) is 13.1 Å². The van der Waals surface area contributed by atoms with Crippen molar-refractivity contribution in [1.29, 1.82) is 0 Å². The van der Waals surface area contributed by atoms with E-state index in [1.807, 2.05) is 42.5 Å². The minimum Gasteiger partial charge on any atom is -0.370 e. The molecular formula is C20H23N3O2. The highest BCUT2D eigenvalue weighted by Gasteiger charge is 2.19. The molecule has 0 unspecified atom stereocenters. The SMILES string of the molecule is NC(=O)CCN(Cc1ccccc1)C(=O)Nc1cccc2c1CCC2. The molecule has 2 aromatic rings. The first-order chi connectivity index (χ1) is 12.1. The number of carbonyl (C=O) groups excluding carboxylic acids is 2. The van der Waals surface area contributed by atoms with Crippen LogP contribution >= 0.6 is 0 Å². The fourth-order valence-electron chi connectivity index (χ4n) is 3.23. The van der Waals surface area contributed by atoms with Crippen molar-refractivity contribution in [3.8, 4) is 0 Å². The van der Waals surface area contributed by atoms with Crippen LogP contribution in [0, 0.1) is 0 Å². The fraction of sp³-hybridized carbons (Fsp3) is 0.300. The zero-order chi connectivity index (χ0) is 17.6. The van der Waals surface area contributed by atoms with Gasteiger partial charge >= 0.3 is 6.03 Å². The number of nitrogens with two attached hydrogens (primary N) is 1. The smallest absolute Gasteiger partial charge is 0.322 e. The van der Waals surface area contributed by atoms with Crippen molar-refractivity contribution in [2.45, 2.75) is 32.2 Å². The van der Waals surface area contributed by atoms with E-state index in [2.05, 4.69) is 11.4 Å². The molecule has 1 aliphatic rings. The van der Waals surface area contributed by atoms with Gasteiger partial charge < -0.3 is 16.0 Å². The van der Waals surface area contributed by atoms with Crippen LogP contribution in [-0.4, -0.2) is 23.4 Å². The van der Waals surface area contributed by atoms with Crippen LogP contribution in [-0.2, 0) is 24.2 Å². The molecule has 5 heteroatoms. The molecule has 3 amide bonds. The maximum atomic E-state index is 12.8. The van der Waals surface area contributed by atoms with E-state index < -0.39 is 5.91 Å². The lowest BCUT2D eigenvalue weighted by Gasteiger charge is -2.23. The van der Waals surface area contributed by atoms with Gasteiger partial charge in [-0.15, -0.1) is 0 Å². The average molecular weight is 337 g/mol. The number of amides is 3. The van der Waals surface area contributed by atoms with Crippen LogP contribution in [0.4, 0.5) is 10.5 Å². The summed E-state index contributed by atoms with van der Waals surface area (Å²) in [6, 6.07) is 15.6. The largest absolute Gasteiger partial charge is 0.370 e. The Morgan fingerprint density at radius 1 is 1.04 bits per heavy atom. The molecule has 0 radical (unpaired) electrons. The molecule has 0 saturated heterocycles. The van der Waals surface area contributed by atoms with Gasteiger partial charge in [0.25, 0.3) is 0 Å². The van der Waals surface area contributed by atoms with E-state index in [4.69, 9.17) is 5.73 Å². The number of primary amides is 1. The van der Waals surface area contributed by atoms with Gasteiger partial charge in [-0.25, -0.2) is 4.79 Å². The number of hydrogen-bond donors (Lipinski definition) is 2. The Kier molecular flexibility index (Phi) is 5.33. The highest BCUT2D eigenvalue weighted by Crippen LogP contribution is 2.29. The van der Waals surface area contributed by atoms with Gasteiger partial charge in [0.1, 0.15) is 0 Å². The number of urea groups is 1. The van der Waals surface area contributed by atoms with Gasteiger partial charge in [0, 0.05) is 25.2 Å². The predicted octanol–water partition coefficient (Wildman–Crippen LogP) is 3.08. The first kappa shape index (κ1) is 17.0. The van der Waals surface area contributed by atoms with Crippen LogP contribution in [0.1, 0.15) is 29.5 Å². The fourth-order valence-corrected chi connectivity index (χ4v) is 3.23. The van der Waals surface area contributed by atoms with Crippen molar-refractivity contribution in [3.63, 3.8) is 0 Å². The first-order valence-electron chi connectivity index (χ1n) is 8.62. The second-order valence-corrected chi connectivity index (χ2v) is 6.35. The van der Waals surface area contributed by atoms with Crippen molar-refractivity contribution in [3.05, 3.63) is 65.2 Å². The zero-order valence-electron chi connectivity index (χ0n) is 14.2. The molecule has 0 fully saturated rings. The number of nitrogens with zero attached hydrogens (tertiary/aromatic N) is 1. The van der Waals surface area contributed by atoms with Gasteiger partial charge in [-0.05, 0) is 42.0 Å². The van der Waals surface area contributed by atoms with E-state index in [-0.39, 0.29) is 12.5 Å². The van der Waals surface area contributed by atoms with Gasteiger partial charge in [-0.3, -0.25) is 4.79 Å². The number of nitrogens with one attached hydrogen (secondary N) is 1. The van der Waals surface area contributed by atoms with Crippen molar-refractivity contribution < 1.29 is 9.59 Å². The molecule has 0 bridgehead atoms. The van der Waals surface area contributed by atoms with Crippen LogP contribution in [0.5, 0.6) is 0 Å². The van der Waals surface area contributed by atoms with Crippen molar-refractivity contribution >= 4 is 17.6 Å². The average Bonchev–Trinajstić information content (AvgIpc) is 3.09. The van der Waals surface area contributed by atoms with Crippen molar-refractivity contribution in [2.24, 2.45) is 5.73 Å². The summed E-state index contributed by atoms with van der Waals surface area (Å²) in [5, 5.41) is 3.02. The first-order valence-corrected chi connectivity index (χ1v) is 8.62. The lowest BCUT2D eigenvalue weighted by Crippen LogP contribution is -2.37. The number of benzene rings is 2. The minimum absolute atomic E-state index is 0.146. The Bertz CT molecular complexity index is 759. The summed E-state index contributed by atoms with van der Waals surface area (Å²) in [4.78, 5) is 25.6. The summed E-state index contributed by atoms with van der Waals surface area (Å²) in [7, 11) is 0. The molecule has 0 heterocycles. The zero-order valence-corrected chi connectivity index (χ0v) is 14.2. The summed E-state index contributed by atoms with van der Waals surface area (Å²) in [6.45, 7) is 0.736. The van der Waals surface area contributed by atoms with Crippen LogP contribution < -0.4 is 11.1 Å². The summed E-state index contributed by atoms with van der Waals surface area (Å²) < 4.78 is 0. The van der Waals surface area contributed by atoms with Crippen molar-refractivity contribution in [1.82, 2.24) is 4.90 Å². The summed E-state index contributed by atoms with van der Waals surface area (Å²) in [5.74, 6) is -0.411. The monoisotopic (exact) mass is 337 g/mol. The molecule has 0 atom stereocenters. The number of fused-ring (bicyclic) bond motifs is 1. The number of aryl methyl sites for hydroxylation is 1. The second-order valence-electron chi connectivity index (χ2n) is 6.35. The van der Waals surface area contributed by atoms with E-state index in [1.54, 1.807) is 4.90 Å². The molecular weight excluding hydrogens is 314 g/mol. The summed E-state index contributed by atoms with van der Waals surface area (Å²) in [5.41, 5.74) is 9.69. The molecule has 25 heavy (non-hydrogen) atoms. The highest BCUT2D eigenvalue weighted by molar-refractivity contribution is 5.90. The van der Waals surface area contributed by atoms with Gasteiger partial charge in [0.2, 0.25) is 5.91 Å². The Labute approximate surface area is 147 Å². The van der Waals surface area contributed by atoms with E-state index in [9.17, 15) is 9.59 Å². The van der Waals surface area contributed by atoms with E-state index in [1.165, 1.54) is 11.1 Å². The molecule has 0 aromatic heterocycles. The second kappa shape index (κ2) is 7.83. The van der Waals surface area contributed by atoms with Gasteiger partial charge in [-0.1, -0.05) is 42.5 Å². The van der Waals surface area contributed by atoms with Crippen LogP contribution in [0.25, 0.3) is 0 Å². The molecule has 0 saturated carbocycles. The number of anilines is 1. The number of hydrogen-bond acceptors (Lipinski definition) is 2. The normalized spacial score (nSPS) is 12.5. The van der Waals surface area contributed by atoms with Crippen LogP contribution in [0.2, 0.25) is 0 Å². The number of carbonyl (C=O) groups is 2. The van der Waals surface area contributed by atoms with E-state index in [0.717, 1.165) is 30.5 Å². The van der Waals surface area contributed by atoms with Gasteiger partial charge in [0.05, 0.1) is 0 Å². The molecule has 3 rings (SSSR count).